The van der Waals surface area contributed by atoms with Crippen molar-refractivity contribution >= 4 is 22.4 Å². The van der Waals surface area contributed by atoms with Gasteiger partial charge >= 0.3 is 0 Å². The molecule has 32 heavy (non-hydrogen) atoms. The Hall–Kier alpha value is -2.92. The molecular formula is C27H33N3O2. The number of aromatic nitrogens is 1. The normalized spacial score (nSPS) is 18.5. The summed E-state index contributed by atoms with van der Waals surface area (Å²) in [7, 11) is 0. The minimum Gasteiger partial charge on any atom is -0.391 e. The van der Waals surface area contributed by atoms with Crippen LogP contribution in [0.2, 0.25) is 0 Å². The van der Waals surface area contributed by atoms with E-state index in [2.05, 4.69) is 40.7 Å². The van der Waals surface area contributed by atoms with E-state index in [9.17, 15) is 9.90 Å². The highest BCUT2D eigenvalue weighted by molar-refractivity contribution is 6.09. The molecule has 3 aromatic rings. The van der Waals surface area contributed by atoms with Gasteiger partial charge < -0.3 is 15.7 Å². The number of rotatable bonds is 7. The molecule has 0 spiro atoms. The molecule has 1 amide bonds. The molecule has 1 heterocycles. The summed E-state index contributed by atoms with van der Waals surface area (Å²) in [6.07, 6.45) is 6.72. The van der Waals surface area contributed by atoms with Crippen molar-refractivity contribution in [2.75, 3.05) is 11.9 Å². The first kappa shape index (κ1) is 22.3. The first-order chi connectivity index (χ1) is 15.6. The number of nitrogens with zero attached hydrogens (tertiary/aromatic N) is 1. The SMILES string of the molecule is CCCNc1c(C(=O)N[C@H]2CCCC[C@@H]2O)cc(Cc2ccc(C)nc2)c2ccccc12. The van der Waals surface area contributed by atoms with Crippen LogP contribution < -0.4 is 10.6 Å². The first-order valence-electron chi connectivity index (χ1n) is 11.8. The van der Waals surface area contributed by atoms with Crippen LogP contribution >= 0.6 is 0 Å². The quantitative estimate of drug-likeness (QED) is 0.493. The zero-order valence-corrected chi connectivity index (χ0v) is 19.0. The Labute approximate surface area is 190 Å². The maximum atomic E-state index is 13.5. The van der Waals surface area contributed by atoms with Gasteiger partial charge in [-0.05, 0) is 61.3 Å². The highest BCUT2D eigenvalue weighted by Crippen LogP contribution is 2.33. The van der Waals surface area contributed by atoms with Crippen molar-refractivity contribution in [3.8, 4) is 0 Å². The summed E-state index contributed by atoms with van der Waals surface area (Å²) in [5, 5.41) is 19.2. The second-order valence-electron chi connectivity index (χ2n) is 8.85. The van der Waals surface area contributed by atoms with Crippen LogP contribution in [-0.4, -0.2) is 34.7 Å². The van der Waals surface area contributed by atoms with Crippen LogP contribution in [0.25, 0.3) is 10.8 Å². The van der Waals surface area contributed by atoms with Gasteiger partial charge in [-0.25, -0.2) is 0 Å². The van der Waals surface area contributed by atoms with E-state index < -0.39 is 6.10 Å². The average Bonchev–Trinajstić information content (AvgIpc) is 2.81. The van der Waals surface area contributed by atoms with Gasteiger partial charge in [-0.3, -0.25) is 9.78 Å². The zero-order valence-electron chi connectivity index (χ0n) is 19.0. The molecule has 0 bridgehead atoms. The topological polar surface area (TPSA) is 74.2 Å². The maximum absolute atomic E-state index is 13.5. The summed E-state index contributed by atoms with van der Waals surface area (Å²) in [5.41, 5.74) is 4.72. The molecule has 0 saturated heterocycles. The molecule has 168 valence electrons. The average molecular weight is 432 g/mol. The van der Waals surface area contributed by atoms with E-state index in [4.69, 9.17) is 0 Å². The van der Waals surface area contributed by atoms with Crippen LogP contribution in [0, 0.1) is 6.92 Å². The van der Waals surface area contributed by atoms with Gasteiger partial charge in [-0.2, -0.15) is 0 Å². The number of nitrogens with one attached hydrogen (secondary N) is 2. The van der Waals surface area contributed by atoms with Crippen LogP contribution in [0.4, 0.5) is 5.69 Å². The van der Waals surface area contributed by atoms with Gasteiger partial charge in [-0.15, -0.1) is 0 Å². The predicted molar refractivity (Wildman–Crippen MR) is 130 cm³/mol. The standard InChI is InChI=1S/C27H33N3O2/c1-3-14-28-26-22-9-5-4-8-21(22)20(15-19-13-12-18(2)29-17-19)16-23(26)27(32)30-24-10-6-7-11-25(24)31/h4-5,8-9,12-13,16-17,24-25,28,31H,3,6-7,10-11,14-15H2,1-2H3,(H,30,32)/t24-,25-/m0/s1. The molecule has 5 heteroatoms. The van der Waals surface area contributed by atoms with Gasteiger partial charge in [0.2, 0.25) is 0 Å². The summed E-state index contributed by atoms with van der Waals surface area (Å²) >= 11 is 0. The van der Waals surface area contributed by atoms with Gasteiger partial charge in [0, 0.05) is 23.8 Å². The number of aliphatic hydroxyl groups is 1. The summed E-state index contributed by atoms with van der Waals surface area (Å²) in [6.45, 7) is 4.89. The van der Waals surface area contributed by atoms with E-state index in [1.54, 1.807) is 0 Å². The first-order valence-corrected chi connectivity index (χ1v) is 11.8. The number of hydrogen-bond donors (Lipinski definition) is 3. The molecule has 1 aromatic heterocycles. The lowest BCUT2D eigenvalue weighted by Crippen LogP contribution is -2.45. The molecular weight excluding hydrogens is 398 g/mol. The van der Waals surface area contributed by atoms with Crippen LogP contribution in [0.1, 0.15) is 66.2 Å². The van der Waals surface area contributed by atoms with Crippen molar-refractivity contribution in [1.82, 2.24) is 10.3 Å². The number of aliphatic hydroxyl groups excluding tert-OH is 1. The highest BCUT2D eigenvalue weighted by Gasteiger charge is 2.26. The van der Waals surface area contributed by atoms with Gasteiger partial charge in [0.05, 0.1) is 23.4 Å². The van der Waals surface area contributed by atoms with Crippen molar-refractivity contribution < 1.29 is 9.90 Å². The molecule has 3 N–H and O–H groups in total. The van der Waals surface area contributed by atoms with Crippen molar-refractivity contribution in [2.45, 2.75) is 64.5 Å². The lowest BCUT2D eigenvalue weighted by atomic mass is 9.91. The van der Waals surface area contributed by atoms with Gasteiger partial charge in [-0.1, -0.05) is 50.1 Å². The fraction of sp³-hybridized carbons (Fsp3) is 0.407. The molecule has 0 aliphatic heterocycles. The molecule has 1 aliphatic rings. The lowest BCUT2D eigenvalue weighted by molar-refractivity contribution is 0.0718. The smallest absolute Gasteiger partial charge is 0.253 e. The molecule has 2 aromatic carbocycles. The molecule has 0 radical (unpaired) electrons. The largest absolute Gasteiger partial charge is 0.391 e. The second kappa shape index (κ2) is 10.1. The van der Waals surface area contributed by atoms with Gasteiger partial charge in [0.25, 0.3) is 5.91 Å². The summed E-state index contributed by atoms with van der Waals surface area (Å²) in [4.78, 5) is 17.9. The van der Waals surface area contributed by atoms with Crippen molar-refractivity contribution in [2.24, 2.45) is 0 Å². The molecule has 4 rings (SSSR count). The zero-order chi connectivity index (χ0) is 22.5. The van der Waals surface area contributed by atoms with Crippen LogP contribution in [0.5, 0.6) is 0 Å². The fourth-order valence-electron chi connectivity index (χ4n) is 4.56. The number of pyridine rings is 1. The van der Waals surface area contributed by atoms with E-state index in [1.165, 1.54) is 0 Å². The molecule has 1 saturated carbocycles. The Morgan fingerprint density at radius 3 is 2.62 bits per heavy atom. The number of carbonyl (C=O) groups is 1. The number of carbonyl (C=O) groups excluding carboxylic acids is 1. The van der Waals surface area contributed by atoms with Crippen LogP contribution in [-0.2, 0) is 6.42 Å². The summed E-state index contributed by atoms with van der Waals surface area (Å²) < 4.78 is 0. The van der Waals surface area contributed by atoms with E-state index in [0.29, 0.717) is 12.0 Å². The van der Waals surface area contributed by atoms with E-state index in [1.807, 2.05) is 37.4 Å². The number of aryl methyl sites for hydroxylation is 1. The third kappa shape index (κ3) is 4.94. The van der Waals surface area contributed by atoms with Crippen molar-refractivity contribution in [3.05, 3.63) is 71.0 Å². The molecule has 1 fully saturated rings. The van der Waals surface area contributed by atoms with Crippen molar-refractivity contribution in [1.29, 1.82) is 0 Å². The summed E-state index contributed by atoms with van der Waals surface area (Å²) in [5.74, 6) is -0.122. The molecule has 5 nitrogen and oxygen atoms in total. The third-order valence-corrected chi connectivity index (χ3v) is 6.34. The van der Waals surface area contributed by atoms with E-state index in [0.717, 1.165) is 71.9 Å². The Kier molecular flexibility index (Phi) is 7.05. The monoisotopic (exact) mass is 431 g/mol. The highest BCUT2D eigenvalue weighted by atomic mass is 16.3. The van der Waals surface area contributed by atoms with Crippen molar-refractivity contribution in [3.63, 3.8) is 0 Å². The molecule has 2 atom stereocenters. The van der Waals surface area contributed by atoms with Crippen LogP contribution in [0.3, 0.4) is 0 Å². The second-order valence-corrected chi connectivity index (χ2v) is 8.85. The summed E-state index contributed by atoms with van der Waals surface area (Å²) in [6, 6.07) is 14.2. The number of hydrogen-bond acceptors (Lipinski definition) is 4. The van der Waals surface area contributed by atoms with E-state index >= 15 is 0 Å². The third-order valence-electron chi connectivity index (χ3n) is 6.34. The Balaban J connectivity index is 1.76. The Morgan fingerprint density at radius 1 is 1.12 bits per heavy atom. The Morgan fingerprint density at radius 2 is 1.91 bits per heavy atom. The van der Waals surface area contributed by atoms with Crippen LogP contribution in [0.15, 0.2) is 48.7 Å². The minimum atomic E-state index is -0.474. The Bertz CT molecular complexity index is 1080. The van der Waals surface area contributed by atoms with E-state index in [-0.39, 0.29) is 11.9 Å². The predicted octanol–water partition coefficient (Wildman–Crippen LogP) is 4.99. The fourth-order valence-corrected chi connectivity index (χ4v) is 4.56. The van der Waals surface area contributed by atoms with Gasteiger partial charge in [0.15, 0.2) is 0 Å². The lowest BCUT2D eigenvalue weighted by Gasteiger charge is -2.29. The van der Waals surface area contributed by atoms with Gasteiger partial charge in [0.1, 0.15) is 0 Å². The number of amides is 1. The number of benzene rings is 2. The maximum Gasteiger partial charge on any atom is 0.253 e. The number of fused-ring (bicyclic) bond motifs is 1. The molecule has 0 unspecified atom stereocenters. The minimum absolute atomic E-state index is 0.122. The molecule has 1 aliphatic carbocycles. The number of anilines is 1.